The number of ether oxygens (including phenoxy) is 3. The number of carbonyl (C=O) groups is 4. The van der Waals surface area contributed by atoms with Crippen LogP contribution in [0.5, 0.6) is 11.5 Å². The van der Waals surface area contributed by atoms with Gasteiger partial charge in [-0.05, 0) is 119 Å². The fraction of sp³-hybridized carbons (Fsp3) is 0.391. The number of oxazole rings is 2. The highest BCUT2D eigenvalue weighted by molar-refractivity contribution is 5.88. The van der Waals surface area contributed by atoms with Crippen molar-refractivity contribution in [2.75, 3.05) is 26.2 Å². The fourth-order valence-electron chi connectivity index (χ4n) is 9.22. The minimum atomic E-state index is -1.15. The summed E-state index contributed by atoms with van der Waals surface area (Å²) < 4.78 is 30.8. The first-order valence-electron chi connectivity index (χ1n) is 21.3. The lowest BCUT2D eigenvalue weighted by atomic mass is 10.0. The van der Waals surface area contributed by atoms with Gasteiger partial charge in [-0.25, -0.2) is 29.1 Å². The predicted octanol–water partition coefficient (Wildman–Crippen LogP) is 7.24. The number of carboxylic acid groups (broad SMARTS) is 1. The number of carboxylic acids is 1. The first kappa shape index (κ1) is 42.1. The van der Waals surface area contributed by atoms with Crippen LogP contribution in [-0.2, 0) is 4.74 Å². The molecule has 6 heterocycles. The van der Waals surface area contributed by atoms with Crippen LogP contribution in [0.2, 0.25) is 0 Å². The summed E-state index contributed by atoms with van der Waals surface area (Å²) >= 11 is 0. The molecule has 64 heavy (non-hydrogen) atoms. The Kier molecular flexibility index (Phi) is 11.5. The third-order valence-electron chi connectivity index (χ3n) is 12.0. The van der Waals surface area contributed by atoms with Gasteiger partial charge in [0.1, 0.15) is 29.6 Å². The Labute approximate surface area is 367 Å². The van der Waals surface area contributed by atoms with Crippen LogP contribution in [0.25, 0.3) is 22.9 Å². The molecule has 4 fully saturated rings. The number of hydrogen-bond donors (Lipinski definition) is 1. The number of fused-ring (bicyclic) bond motifs is 2. The molecule has 18 heteroatoms. The van der Waals surface area contributed by atoms with Crippen molar-refractivity contribution in [3.05, 3.63) is 109 Å². The molecule has 2 amide bonds. The van der Waals surface area contributed by atoms with E-state index in [2.05, 4.69) is 20.2 Å². The van der Waals surface area contributed by atoms with Gasteiger partial charge in [0.05, 0.1) is 24.6 Å². The molecule has 18 nitrogen and oxygen atoms in total. The van der Waals surface area contributed by atoms with Crippen molar-refractivity contribution in [1.29, 1.82) is 0 Å². The average Bonchev–Trinajstić information content (AvgIpc) is 4.11. The molecule has 2 unspecified atom stereocenters. The Morgan fingerprint density at radius 1 is 0.641 bits per heavy atom. The molecule has 2 saturated heterocycles. The SMILES string of the molecule is CC(C)(C)OC(=O)c1ccn(C(=O)N2C[C@H]3CC(Oc4cccc(-c5ncco5)c4)C[C@H]3C2)n1.O=C(O)c1ccn(C(=O)N2C[C@H]3CC(Oc4cccc(-c5ncco5)c4)C[C@H]3C2)n1. The van der Waals surface area contributed by atoms with Gasteiger partial charge >= 0.3 is 24.0 Å². The summed E-state index contributed by atoms with van der Waals surface area (Å²) in [5.74, 6) is 2.50. The molecular formula is C46H48N8O10. The third-order valence-corrected chi connectivity index (χ3v) is 12.0. The molecular weight excluding hydrogens is 825 g/mol. The van der Waals surface area contributed by atoms with Gasteiger partial charge < -0.3 is 38.0 Å². The Balaban J connectivity index is 0.000000163. The maximum absolute atomic E-state index is 13.0. The van der Waals surface area contributed by atoms with Crippen molar-refractivity contribution in [3.63, 3.8) is 0 Å². The van der Waals surface area contributed by atoms with Gasteiger partial charge in [-0.2, -0.15) is 19.6 Å². The summed E-state index contributed by atoms with van der Waals surface area (Å²) in [6, 6.07) is 17.8. The summed E-state index contributed by atoms with van der Waals surface area (Å²) in [6.07, 6.45) is 13.0. The fourth-order valence-corrected chi connectivity index (χ4v) is 9.22. The molecule has 4 aliphatic rings. The summed E-state index contributed by atoms with van der Waals surface area (Å²) in [6.45, 7) is 7.94. The van der Waals surface area contributed by atoms with E-state index in [4.69, 9.17) is 28.2 Å². The second-order valence-corrected chi connectivity index (χ2v) is 17.7. The molecule has 332 valence electrons. The largest absolute Gasteiger partial charge is 0.490 e. The van der Waals surface area contributed by atoms with Gasteiger partial charge in [0.15, 0.2) is 11.4 Å². The van der Waals surface area contributed by atoms with E-state index in [9.17, 15) is 19.2 Å². The van der Waals surface area contributed by atoms with Crippen LogP contribution in [0.4, 0.5) is 9.59 Å². The number of esters is 1. The summed E-state index contributed by atoms with van der Waals surface area (Å²) in [7, 11) is 0. The Hall–Kier alpha value is -7.24. The first-order chi connectivity index (χ1) is 30.8. The molecule has 1 N–H and O–H groups in total. The van der Waals surface area contributed by atoms with Crippen LogP contribution < -0.4 is 9.47 Å². The lowest BCUT2D eigenvalue weighted by Crippen LogP contribution is -2.35. The molecule has 4 aromatic heterocycles. The van der Waals surface area contributed by atoms with E-state index in [1.165, 1.54) is 29.2 Å². The topological polar surface area (TPSA) is 210 Å². The molecule has 2 aliphatic carbocycles. The summed E-state index contributed by atoms with van der Waals surface area (Å²) in [4.78, 5) is 60.7. The van der Waals surface area contributed by atoms with E-state index in [0.29, 0.717) is 61.6 Å². The number of nitrogens with zero attached hydrogens (tertiary/aromatic N) is 8. The number of likely N-dealkylation sites (tertiary alicyclic amines) is 2. The summed E-state index contributed by atoms with van der Waals surface area (Å²) in [5, 5.41) is 17.0. The van der Waals surface area contributed by atoms with E-state index in [1.54, 1.807) is 55.5 Å². The van der Waals surface area contributed by atoms with E-state index in [0.717, 1.165) is 53.0 Å². The summed E-state index contributed by atoms with van der Waals surface area (Å²) in [5.41, 5.74) is 1.12. The number of hydrogen-bond acceptors (Lipinski definition) is 13. The van der Waals surface area contributed by atoms with Crippen molar-refractivity contribution in [3.8, 4) is 34.4 Å². The van der Waals surface area contributed by atoms with Gasteiger partial charge in [0.2, 0.25) is 11.8 Å². The number of amides is 2. The zero-order valence-electron chi connectivity index (χ0n) is 35.6. The van der Waals surface area contributed by atoms with Crippen molar-refractivity contribution < 1.29 is 47.3 Å². The Morgan fingerprint density at radius 3 is 1.47 bits per heavy atom. The molecule has 2 aromatic carbocycles. The van der Waals surface area contributed by atoms with Gasteiger partial charge in [-0.1, -0.05) is 12.1 Å². The third kappa shape index (κ3) is 9.40. The van der Waals surface area contributed by atoms with Gasteiger partial charge in [-0.3, -0.25) is 0 Å². The van der Waals surface area contributed by atoms with Crippen LogP contribution in [0, 0.1) is 23.7 Å². The lowest BCUT2D eigenvalue weighted by molar-refractivity contribution is 0.00620. The zero-order chi connectivity index (χ0) is 44.5. The van der Waals surface area contributed by atoms with Crippen LogP contribution in [0.15, 0.2) is 107 Å². The van der Waals surface area contributed by atoms with Crippen LogP contribution in [0.1, 0.15) is 67.4 Å². The quantitative estimate of drug-likeness (QED) is 0.149. The van der Waals surface area contributed by atoms with Crippen molar-refractivity contribution >= 4 is 24.0 Å². The molecule has 2 saturated carbocycles. The Morgan fingerprint density at radius 2 is 1.08 bits per heavy atom. The van der Waals surface area contributed by atoms with Gasteiger partial charge in [0.25, 0.3) is 0 Å². The maximum Gasteiger partial charge on any atom is 0.359 e. The molecule has 2 aliphatic heterocycles. The van der Waals surface area contributed by atoms with Crippen molar-refractivity contribution in [1.82, 2.24) is 39.3 Å². The van der Waals surface area contributed by atoms with Crippen LogP contribution >= 0.6 is 0 Å². The monoisotopic (exact) mass is 872 g/mol. The van der Waals surface area contributed by atoms with E-state index in [1.807, 2.05) is 48.5 Å². The number of rotatable bonds is 8. The molecule has 10 rings (SSSR count). The number of aromatic nitrogens is 6. The highest BCUT2D eigenvalue weighted by Gasteiger charge is 2.45. The minimum Gasteiger partial charge on any atom is -0.490 e. The number of carbonyl (C=O) groups excluding carboxylic acids is 3. The lowest BCUT2D eigenvalue weighted by Gasteiger charge is -2.20. The van der Waals surface area contributed by atoms with Gasteiger partial charge in [0, 0.05) is 49.7 Å². The standard InChI is InChI=1S/C25H28N4O5.C21H20N4O5/c1-25(2,3)34-23(30)21-7-9-29(27-21)24(31)28-14-17-12-20(13-18(17)15-28)33-19-6-4-5-16(11-19)22-26-8-10-32-22;26-20(27)18-4-6-25(23-18)21(28)24-11-14-9-17(10-15(14)12-24)30-16-3-1-2-13(8-16)19-22-5-7-29-19/h4-11,17-18,20H,12-15H2,1-3H3;1-8,14-15,17H,9-12H2,(H,26,27)/t17-,18+,20?;14-,15+,17?. The van der Waals surface area contributed by atoms with Crippen molar-refractivity contribution in [2.45, 2.75) is 64.3 Å². The molecule has 6 atom stereocenters. The second-order valence-electron chi connectivity index (χ2n) is 17.7. The van der Waals surface area contributed by atoms with E-state index in [-0.39, 0.29) is 35.7 Å². The second kappa shape index (κ2) is 17.5. The maximum atomic E-state index is 13.0. The minimum absolute atomic E-state index is 0.0976. The van der Waals surface area contributed by atoms with E-state index < -0.39 is 17.5 Å². The molecule has 6 aromatic rings. The predicted molar refractivity (Wildman–Crippen MR) is 226 cm³/mol. The van der Waals surface area contributed by atoms with E-state index >= 15 is 0 Å². The van der Waals surface area contributed by atoms with Crippen molar-refractivity contribution in [2.24, 2.45) is 23.7 Å². The van der Waals surface area contributed by atoms with Crippen LogP contribution in [0.3, 0.4) is 0 Å². The van der Waals surface area contributed by atoms with Gasteiger partial charge in [-0.15, -0.1) is 0 Å². The van der Waals surface area contributed by atoms with Crippen LogP contribution in [-0.4, -0.2) is 112 Å². The molecule has 0 bridgehead atoms. The molecule has 0 radical (unpaired) electrons. The number of benzene rings is 2. The highest BCUT2D eigenvalue weighted by atomic mass is 16.6. The zero-order valence-corrected chi connectivity index (χ0v) is 35.6. The first-order valence-corrected chi connectivity index (χ1v) is 21.3. The normalized spacial score (nSPS) is 22.4. The number of aromatic carboxylic acids is 1. The Bertz CT molecular complexity index is 2590. The smallest absolute Gasteiger partial charge is 0.359 e. The molecule has 0 spiro atoms. The average molecular weight is 873 g/mol. The highest BCUT2D eigenvalue weighted by Crippen LogP contribution is 2.42.